The summed E-state index contributed by atoms with van der Waals surface area (Å²) in [6.07, 6.45) is 4.44. The summed E-state index contributed by atoms with van der Waals surface area (Å²) in [5, 5.41) is 2.77. The maximum Gasteiger partial charge on any atom is 0.338 e. The average molecular weight is 405 g/mol. The van der Waals surface area contributed by atoms with E-state index in [9.17, 15) is 18.0 Å². The smallest absolute Gasteiger partial charge is 0.338 e. The Balaban J connectivity index is 1.57. The number of amidine groups is 1. The van der Waals surface area contributed by atoms with Crippen molar-refractivity contribution in [3.8, 4) is 0 Å². The number of ether oxygens (including phenoxy) is 1. The maximum atomic E-state index is 12.6. The highest BCUT2D eigenvalue weighted by Gasteiger charge is 2.33. The number of nitrogens with zero attached hydrogens (tertiary/aromatic N) is 2. The molecule has 3 aliphatic rings. The lowest BCUT2D eigenvalue weighted by Crippen LogP contribution is -2.37. The van der Waals surface area contributed by atoms with Gasteiger partial charge in [-0.15, -0.1) is 4.40 Å². The van der Waals surface area contributed by atoms with E-state index >= 15 is 0 Å². The summed E-state index contributed by atoms with van der Waals surface area (Å²) in [5.41, 5.74) is 0.629. The fraction of sp³-hybridized carbons (Fsp3) is 0.526. The predicted octanol–water partition coefficient (Wildman–Crippen LogP) is 1.99. The number of carbonyl (C=O) groups is 2. The van der Waals surface area contributed by atoms with Gasteiger partial charge in [-0.1, -0.05) is 6.42 Å². The van der Waals surface area contributed by atoms with Crippen molar-refractivity contribution in [2.45, 2.75) is 62.5 Å². The number of hydrogen-bond acceptors (Lipinski definition) is 6. The lowest BCUT2D eigenvalue weighted by molar-refractivity contribution is -0.129. The largest absolute Gasteiger partial charge is 0.449 e. The van der Waals surface area contributed by atoms with Crippen LogP contribution in [-0.4, -0.2) is 44.8 Å². The Hall–Kier alpha value is -2.42. The third kappa shape index (κ3) is 3.76. The number of fused-ring (bicyclic) bond motifs is 3. The quantitative estimate of drug-likeness (QED) is 0.768. The molecule has 2 fully saturated rings. The third-order valence-electron chi connectivity index (χ3n) is 5.16. The van der Waals surface area contributed by atoms with Crippen LogP contribution in [0.4, 0.5) is 5.69 Å². The molecule has 4 rings (SSSR count). The third-order valence-corrected chi connectivity index (χ3v) is 6.49. The number of sulfonamides is 1. The van der Waals surface area contributed by atoms with Crippen molar-refractivity contribution in [3.63, 3.8) is 0 Å². The van der Waals surface area contributed by atoms with Crippen molar-refractivity contribution >= 4 is 33.4 Å². The first-order valence-corrected chi connectivity index (χ1v) is 11.1. The summed E-state index contributed by atoms with van der Waals surface area (Å²) in [5.74, 6) is -0.520. The van der Waals surface area contributed by atoms with E-state index in [1.165, 1.54) is 19.1 Å². The first-order chi connectivity index (χ1) is 13.3. The second kappa shape index (κ2) is 7.20. The van der Waals surface area contributed by atoms with Crippen molar-refractivity contribution in [2.24, 2.45) is 4.40 Å². The van der Waals surface area contributed by atoms with Crippen LogP contribution >= 0.6 is 0 Å². The molecule has 1 amide bonds. The molecule has 0 aromatic heterocycles. The Morgan fingerprint density at radius 3 is 2.79 bits per heavy atom. The van der Waals surface area contributed by atoms with Gasteiger partial charge in [0, 0.05) is 19.0 Å². The standard InChI is InChI=1S/C19H23N3O5S/c1-12(18(23)20-14-7-8-14)27-19(24)13-6-9-15-16(11-13)28(25,26)21-17-5-3-2-4-10-22(15)17/h6,9,11-12,14H,2-5,7-8,10H2,1H3,(H,20,23)/t12-/m0/s1. The molecule has 28 heavy (non-hydrogen) atoms. The number of hydrogen-bond donors (Lipinski definition) is 1. The molecule has 9 heteroatoms. The zero-order valence-corrected chi connectivity index (χ0v) is 16.5. The van der Waals surface area contributed by atoms with Crippen LogP contribution in [0.25, 0.3) is 0 Å². The lowest BCUT2D eigenvalue weighted by Gasteiger charge is -2.29. The number of esters is 1. The number of nitrogens with one attached hydrogen (secondary N) is 1. The topological polar surface area (TPSA) is 105 Å². The Morgan fingerprint density at radius 1 is 1.25 bits per heavy atom. The first-order valence-electron chi connectivity index (χ1n) is 9.62. The summed E-state index contributed by atoms with van der Waals surface area (Å²) in [4.78, 5) is 26.3. The molecular formula is C19H23N3O5S. The second-order valence-electron chi connectivity index (χ2n) is 7.46. The van der Waals surface area contributed by atoms with Crippen LogP contribution in [0.2, 0.25) is 0 Å². The van der Waals surface area contributed by atoms with Crippen molar-refractivity contribution in [1.29, 1.82) is 0 Å². The van der Waals surface area contributed by atoms with Gasteiger partial charge in [0.1, 0.15) is 10.7 Å². The molecule has 0 unspecified atom stereocenters. The maximum absolute atomic E-state index is 12.6. The molecule has 150 valence electrons. The molecule has 0 bridgehead atoms. The second-order valence-corrected chi connectivity index (χ2v) is 9.03. The molecule has 2 aliphatic heterocycles. The SMILES string of the molecule is C[C@H](OC(=O)c1ccc2c(c1)S(=O)(=O)N=C1CCCCCN12)C(=O)NC1CC1. The molecular weight excluding hydrogens is 382 g/mol. The van der Waals surface area contributed by atoms with Crippen LogP contribution in [0.5, 0.6) is 0 Å². The molecule has 8 nitrogen and oxygen atoms in total. The Morgan fingerprint density at radius 2 is 2.04 bits per heavy atom. The summed E-state index contributed by atoms with van der Waals surface area (Å²) < 4.78 is 34.5. The highest BCUT2D eigenvalue weighted by atomic mass is 32.2. The van der Waals surface area contributed by atoms with Gasteiger partial charge in [-0.05, 0) is 50.8 Å². The van der Waals surface area contributed by atoms with Gasteiger partial charge in [-0.2, -0.15) is 8.42 Å². The number of benzene rings is 1. The number of anilines is 1. The minimum atomic E-state index is -3.88. The van der Waals surface area contributed by atoms with E-state index in [1.54, 1.807) is 6.07 Å². The molecule has 0 radical (unpaired) electrons. The van der Waals surface area contributed by atoms with E-state index in [-0.39, 0.29) is 22.4 Å². The molecule has 1 atom stereocenters. The van der Waals surface area contributed by atoms with Gasteiger partial charge >= 0.3 is 5.97 Å². The van der Waals surface area contributed by atoms with Gasteiger partial charge in [-0.25, -0.2) is 4.79 Å². The molecule has 0 spiro atoms. The Kier molecular flexibility index (Phi) is 4.86. The van der Waals surface area contributed by atoms with Crippen LogP contribution in [0.1, 0.15) is 55.8 Å². The summed E-state index contributed by atoms with van der Waals surface area (Å²) in [6.45, 7) is 2.20. The number of carbonyl (C=O) groups excluding carboxylic acids is 2. The molecule has 1 saturated carbocycles. The van der Waals surface area contributed by atoms with E-state index in [0.717, 1.165) is 32.1 Å². The molecule has 2 heterocycles. The first kappa shape index (κ1) is 18.9. The van der Waals surface area contributed by atoms with Crippen LogP contribution in [0.3, 0.4) is 0 Å². The van der Waals surface area contributed by atoms with Gasteiger partial charge in [0.2, 0.25) is 0 Å². The van der Waals surface area contributed by atoms with Gasteiger partial charge in [0.25, 0.3) is 15.9 Å². The zero-order chi connectivity index (χ0) is 19.9. The Labute approximate surface area is 164 Å². The summed E-state index contributed by atoms with van der Waals surface area (Å²) in [7, 11) is -3.88. The van der Waals surface area contributed by atoms with Crippen LogP contribution in [0, 0.1) is 0 Å². The van der Waals surface area contributed by atoms with Crippen LogP contribution in [-0.2, 0) is 19.6 Å². The number of amides is 1. The van der Waals surface area contributed by atoms with Gasteiger partial charge in [-0.3, -0.25) is 4.79 Å². The molecule has 1 aliphatic carbocycles. The minimum Gasteiger partial charge on any atom is -0.449 e. The predicted molar refractivity (Wildman–Crippen MR) is 103 cm³/mol. The van der Waals surface area contributed by atoms with Crippen molar-refractivity contribution in [2.75, 3.05) is 11.4 Å². The van der Waals surface area contributed by atoms with Gasteiger partial charge in [0.15, 0.2) is 6.10 Å². The van der Waals surface area contributed by atoms with Crippen LogP contribution < -0.4 is 10.2 Å². The van der Waals surface area contributed by atoms with Crippen molar-refractivity contribution in [3.05, 3.63) is 23.8 Å². The van der Waals surface area contributed by atoms with E-state index in [1.807, 2.05) is 4.90 Å². The number of rotatable bonds is 4. The minimum absolute atomic E-state index is 0.00249. The molecule has 1 N–H and O–H groups in total. The fourth-order valence-electron chi connectivity index (χ4n) is 3.44. The average Bonchev–Trinajstić information content (AvgIpc) is 3.48. The highest BCUT2D eigenvalue weighted by Crippen LogP contribution is 2.35. The molecule has 1 aromatic carbocycles. The van der Waals surface area contributed by atoms with E-state index < -0.39 is 22.1 Å². The normalized spacial score (nSPS) is 21.5. The van der Waals surface area contributed by atoms with E-state index in [4.69, 9.17) is 4.74 Å². The Bertz CT molecular complexity index is 952. The fourth-order valence-corrected chi connectivity index (χ4v) is 4.72. The zero-order valence-electron chi connectivity index (χ0n) is 15.7. The van der Waals surface area contributed by atoms with E-state index in [0.29, 0.717) is 24.5 Å². The molecule has 1 saturated heterocycles. The van der Waals surface area contributed by atoms with Crippen molar-refractivity contribution in [1.82, 2.24) is 5.32 Å². The van der Waals surface area contributed by atoms with E-state index in [2.05, 4.69) is 9.71 Å². The van der Waals surface area contributed by atoms with Crippen LogP contribution in [0.15, 0.2) is 27.5 Å². The van der Waals surface area contributed by atoms with Crippen molar-refractivity contribution < 1.29 is 22.7 Å². The van der Waals surface area contributed by atoms with Gasteiger partial charge < -0.3 is 15.0 Å². The molecule has 1 aromatic rings. The monoisotopic (exact) mass is 405 g/mol. The lowest BCUT2D eigenvalue weighted by atomic mass is 10.1. The summed E-state index contributed by atoms with van der Waals surface area (Å²) >= 11 is 0. The highest BCUT2D eigenvalue weighted by molar-refractivity contribution is 7.90. The van der Waals surface area contributed by atoms with Gasteiger partial charge in [0.05, 0.1) is 11.3 Å². The summed E-state index contributed by atoms with van der Waals surface area (Å²) in [6, 6.07) is 4.63.